The zero-order valence-corrected chi connectivity index (χ0v) is 9.86. The Balaban J connectivity index is 2.09. The predicted octanol–water partition coefficient (Wildman–Crippen LogP) is 3.02. The molecule has 0 saturated heterocycles. The molecule has 4 heteroatoms. The van der Waals surface area contributed by atoms with E-state index in [1.165, 1.54) is 0 Å². The van der Waals surface area contributed by atoms with Gasteiger partial charge in [0.05, 0.1) is 0 Å². The molecule has 2 unspecified atom stereocenters. The van der Waals surface area contributed by atoms with Crippen LogP contribution in [0, 0.1) is 11.3 Å². The van der Waals surface area contributed by atoms with E-state index in [4.69, 9.17) is 0 Å². The van der Waals surface area contributed by atoms with E-state index in [-0.39, 0.29) is 23.7 Å². The third-order valence-corrected chi connectivity index (χ3v) is 3.71. The fraction of sp³-hybridized carbons (Fsp3) is 0.538. The van der Waals surface area contributed by atoms with Crippen molar-refractivity contribution >= 4 is 0 Å². The molecule has 1 N–H and O–H groups in total. The largest absolute Gasteiger partial charge is 0.435 e. The number of aliphatic hydroxyl groups excluding tert-OH is 1. The van der Waals surface area contributed by atoms with Crippen LogP contribution in [0.3, 0.4) is 0 Å². The van der Waals surface area contributed by atoms with Crippen LogP contribution >= 0.6 is 0 Å². The van der Waals surface area contributed by atoms with E-state index in [1.54, 1.807) is 24.3 Å². The molecule has 0 radical (unpaired) electrons. The molecule has 1 saturated carbocycles. The molecule has 0 aromatic heterocycles. The molecular weight excluding hydrogens is 226 g/mol. The standard InChI is InChI=1S/C13H16F2O2/c1-13(2)10(7-16)11(13)8-3-5-9(6-4-8)17-12(14)15/h3-6,10-12,16H,7H2,1-2H3. The molecule has 2 rings (SSSR count). The summed E-state index contributed by atoms with van der Waals surface area (Å²) in [4.78, 5) is 0. The van der Waals surface area contributed by atoms with E-state index in [1.807, 2.05) is 0 Å². The lowest BCUT2D eigenvalue weighted by atomic mass is 10.0. The van der Waals surface area contributed by atoms with Crippen LogP contribution in [0.1, 0.15) is 25.3 Å². The quantitative estimate of drug-likeness (QED) is 0.879. The van der Waals surface area contributed by atoms with Crippen LogP contribution < -0.4 is 4.74 Å². The third-order valence-electron chi connectivity index (χ3n) is 3.71. The SMILES string of the molecule is CC1(C)C(CO)C1c1ccc(OC(F)F)cc1. The minimum Gasteiger partial charge on any atom is -0.435 e. The molecule has 1 fully saturated rings. The average molecular weight is 242 g/mol. The van der Waals surface area contributed by atoms with E-state index < -0.39 is 6.61 Å². The van der Waals surface area contributed by atoms with Gasteiger partial charge in [0, 0.05) is 6.61 Å². The Morgan fingerprint density at radius 2 is 1.88 bits per heavy atom. The third kappa shape index (κ3) is 2.27. The molecular formula is C13H16F2O2. The second-order valence-electron chi connectivity index (χ2n) is 5.04. The smallest absolute Gasteiger partial charge is 0.387 e. The second-order valence-corrected chi connectivity index (χ2v) is 5.04. The normalized spacial score (nSPS) is 26.0. The fourth-order valence-corrected chi connectivity index (χ4v) is 2.60. The summed E-state index contributed by atoms with van der Waals surface area (Å²) in [6.07, 6.45) is 0. The van der Waals surface area contributed by atoms with Crippen LogP contribution in [0.5, 0.6) is 5.75 Å². The van der Waals surface area contributed by atoms with E-state index >= 15 is 0 Å². The summed E-state index contributed by atoms with van der Waals surface area (Å²) in [6, 6.07) is 6.67. The van der Waals surface area contributed by atoms with E-state index in [9.17, 15) is 13.9 Å². The molecule has 0 amide bonds. The number of hydrogen-bond donors (Lipinski definition) is 1. The van der Waals surface area contributed by atoms with Crippen molar-refractivity contribution in [2.24, 2.45) is 11.3 Å². The first-order chi connectivity index (χ1) is 7.96. The fourth-order valence-electron chi connectivity index (χ4n) is 2.60. The van der Waals surface area contributed by atoms with Gasteiger partial charge in [-0.3, -0.25) is 0 Å². The Bertz CT molecular complexity index is 387. The molecule has 94 valence electrons. The van der Waals surface area contributed by atoms with Gasteiger partial charge in [0.15, 0.2) is 0 Å². The summed E-state index contributed by atoms with van der Waals surface area (Å²) in [5.74, 6) is 0.722. The highest BCUT2D eigenvalue weighted by molar-refractivity contribution is 5.36. The van der Waals surface area contributed by atoms with E-state index in [2.05, 4.69) is 18.6 Å². The first-order valence-electron chi connectivity index (χ1n) is 5.62. The topological polar surface area (TPSA) is 29.5 Å². The molecule has 17 heavy (non-hydrogen) atoms. The number of aliphatic hydroxyl groups is 1. The maximum absolute atomic E-state index is 12.0. The van der Waals surface area contributed by atoms with Gasteiger partial charge in [0.1, 0.15) is 5.75 Å². The number of rotatable bonds is 4. The maximum Gasteiger partial charge on any atom is 0.387 e. The van der Waals surface area contributed by atoms with Crippen LogP contribution in [0.4, 0.5) is 8.78 Å². The molecule has 1 aromatic carbocycles. The second kappa shape index (κ2) is 4.26. The Labute approximate surface area is 99.2 Å². The molecule has 2 nitrogen and oxygen atoms in total. The number of hydrogen-bond acceptors (Lipinski definition) is 2. The number of alkyl halides is 2. The molecule has 0 heterocycles. The van der Waals surface area contributed by atoms with Crippen molar-refractivity contribution in [1.29, 1.82) is 0 Å². The van der Waals surface area contributed by atoms with Crippen molar-refractivity contribution in [2.45, 2.75) is 26.4 Å². The molecule has 1 aliphatic carbocycles. The van der Waals surface area contributed by atoms with Gasteiger partial charge in [-0.1, -0.05) is 26.0 Å². The van der Waals surface area contributed by atoms with Crippen LogP contribution in [0.2, 0.25) is 0 Å². The van der Waals surface area contributed by atoms with Crippen molar-refractivity contribution in [1.82, 2.24) is 0 Å². The zero-order chi connectivity index (χ0) is 12.6. The van der Waals surface area contributed by atoms with Crippen LogP contribution in [-0.2, 0) is 0 Å². The molecule has 2 atom stereocenters. The highest BCUT2D eigenvalue weighted by atomic mass is 19.3. The van der Waals surface area contributed by atoms with Crippen molar-refractivity contribution in [3.63, 3.8) is 0 Å². The van der Waals surface area contributed by atoms with Gasteiger partial charge in [-0.25, -0.2) is 0 Å². The Hall–Kier alpha value is -1.16. The van der Waals surface area contributed by atoms with Crippen molar-refractivity contribution in [3.05, 3.63) is 29.8 Å². The minimum atomic E-state index is -2.79. The van der Waals surface area contributed by atoms with Gasteiger partial charge in [0.2, 0.25) is 0 Å². The Morgan fingerprint density at radius 1 is 1.29 bits per heavy atom. The predicted molar refractivity (Wildman–Crippen MR) is 60.2 cm³/mol. The molecule has 1 aliphatic rings. The maximum atomic E-state index is 12.0. The van der Waals surface area contributed by atoms with Crippen molar-refractivity contribution in [3.8, 4) is 5.75 Å². The Morgan fingerprint density at radius 3 is 2.29 bits per heavy atom. The van der Waals surface area contributed by atoms with E-state index in [0.29, 0.717) is 5.92 Å². The van der Waals surface area contributed by atoms with Gasteiger partial charge in [0.25, 0.3) is 0 Å². The summed E-state index contributed by atoms with van der Waals surface area (Å²) < 4.78 is 28.2. The van der Waals surface area contributed by atoms with Gasteiger partial charge < -0.3 is 9.84 Å². The lowest BCUT2D eigenvalue weighted by molar-refractivity contribution is -0.0498. The Kier molecular flexibility index (Phi) is 3.08. The summed E-state index contributed by atoms with van der Waals surface area (Å²) in [5.41, 5.74) is 1.15. The van der Waals surface area contributed by atoms with Crippen molar-refractivity contribution < 1.29 is 18.6 Å². The lowest BCUT2D eigenvalue weighted by Gasteiger charge is -2.06. The average Bonchev–Trinajstić information content (AvgIpc) is 2.81. The number of halogens is 2. The van der Waals surface area contributed by atoms with Crippen molar-refractivity contribution in [2.75, 3.05) is 6.61 Å². The van der Waals surface area contributed by atoms with Gasteiger partial charge in [-0.15, -0.1) is 0 Å². The summed E-state index contributed by atoms with van der Waals surface area (Å²) in [5, 5.41) is 9.22. The van der Waals surface area contributed by atoms with E-state index in [0.717, 1.165) is 5.56 Å². The van der Waals surface area contributed by atoms with Gasteiger partial charge in [-0.2, -0.15) is 8.78 Å². The zero-order valence-electron chi connectivity index (χ0n) is 9.86. The first-order valence-corrected chi connectivity index (χ1v) is 5.62. The number of ether oxygens (including phenoxy) is 1. The molecule has 0 aliphatic heterocycles. The first kappa shape index (κ1) is 12.3. The highest BCUT2D eigenvalue weighted by Gasteiger charge is 2.57. The molecule has 0 spiro atoms. The van der Waals surface area contributed by atoms with Gasteiger partial charge in [-0.05, 0) is 34.9 Å². The molecule has 0 bridgehead atoms. The summed E-state index contributed by atoms with van der Waals surface area (Å²) >= 11 is 0. The lowest BCUT2D eigenvalue weighted by Crippen LogP contribution is -2.01. The molecule has 1 aromatic rings. The van der Waals surface area contributed by atoms with Crippen LogP contribution in [0.25, 0.3) is 0 Å². The summed E-state index contributed by atoms with van der Waals surface area (Å²) in [7, 11) is 0. The van der Waals surface area contributed by atoms with Crippen LogP contribution in [0.15, 0.2) is 24.3 Å². The monoisotopic (exact) mass is 242 g/mol. The number of benzene rings is 1. The highest BCUT2D eigenvalue weighted by Crippen LogP contribution is 2.64. The van der Waals surface area contributed by atoms with Gasteiger partial charge >= 0.3 is 6.61 Å². The summed E-state index contributed by atoms with van der Waals surface area (Å²) in [6.45, 7) is 1.57. The van der Waals surface area contributed by atoms with Crippen LogP contribution in [-0.4, -0.2) is 18.3 Å². The minimum absolute atomic E-state index is 0.0832.